The summed E-state index contributed by atoms with van der Waals surface area (Å²) in [6.07, 6.45) is 0.974. The van der Waals surface area contributed by atoms with E-state index in [1.165, 1.54) is 12.5 Å². The summed E-state index contributed by atoms with van der Waals surface area (Å²) in [5, 5.41) is 8.92. The normalized spacial score (nSPS) is 15.9. The van der Waals surface area contributed by atoms with Crippen LogP contribution in [0.25, 0.3) is 0 Å². The summed E-state index contributed by atoms with van der Waals surface area (Å²) in [5.74, 6) is -2.10. The van der Waals surface area contributed by atoms with Crippen LogP contribution in [0.15, 0.2) is 24.3 Å². The van der Waals surface area contributed by atoms with Crippen molar-refractivity contribution < 1.29 is 11.3 Å². The summed E-state index contributed by atoms with van der Waals surface area (Å²) in [4.78, 5) is 10.9. The Kier molecular flexibility index (Phi) is 3.38. The average Bonchev–Trinajstić information content (AvgIpc) is 2.17. The molecule has 1 atom stereocenters. The Bertz CT molecular complexity index is 366. The minimum Gasteiger partial charge on any atom is -0.481 e. The van der Waals surface area contributed by atoms with E-state index in [2.05, 4.69) is 13.8 Å². The van der Waals surface area contributed by atoms with Gasteiger partial charge in [-0.15, -0.1) is 0 Å². The maximum Gasteiger partial charge on any atom is 0.310 e. The average molecular weight is 207 g/mol. The van der Waals surface area contributed by atoms with Crippen molar-refractivity contribution in [2.45, 2.75) is 33.1 Å². The highest BCUT2D eigenvalue weighted by atomic mass is 16.4. The molecular formula is C13H18O2. The van der Waals surface area contributed by atoms with Crippen LogP contribution in [0.2, 0.25) is 0 Å². The second-order valence-electron chi connectivity index (χ2n) is 4.23. The number of benzene rings is 1. The predicted molar refractivity (Wildman–Crippen MR) is 61.0 cm³/mol. The first-order valence-corrected chi connectivity index (χ1v) is 5.17. The highest BCUT2D eigenvalue weighted by Crippen LogP contribution is 2.17. The molecule has 82 valence electrons. The molecule has 2 nitrogen and oxygen atoms in total. The molecule has 0 fully saturated rings. The number of aliphatic carboxylic acids is 1. The molecule has 1 N–H and O–H groups in total. The van der Waals surface area contributed by atoms with E-state index >= 15 is 0 Å². The van der Waals surface area contributed by atoms with Crippen LogP contribution in [0.4, 0.5) is 0 Å². The molecule has 1 rings (SSSR count). The van der Waals surface area contributed by atoms with Crippen LogP contribution in [-0.4, -0.2) is 11.1 Å². The quantitative estimate of drug-likeness (QED) is 0.823. The Morgan fingerprint density at radius 1 is 1.33 bits per heavy atom. The summed E-state index contributed by atoms with van der Waals surface area (Å²) in [6, 6.07) is 7.29. The van der Waals surface area contributed by atoms with Gasteiger partial charge in [0.2, 0.25) is 0 Å². The zero-order chi connectivity index (χ0) is 12.3. The molecule has 0 saturated heterocycles. The maximum atomic E-state index is 10.9. The molecule has 0 saturated carbocycles. The molecule has 0 radical (unpaired) electrons. The van der Waals surface area contributed by atoms with Crippen LogP contribution < -0.4 is 0 Å². The van der Waals surface area contributed by atoms with E-state index in [4.69, 9.17) is 6.48 Å². The van der Waals surface area contributed by atoms with E-state index in [0.717, 1.165) is 6.42 Å². The first kappa shape index (κ1) is 10.2. The van der Waals surface area contributed by atoms with E-state index in [1.54, 1.807) is 12.1 Å². The second kappa shape index (κ2) is 4.96. The molecule has 0 aliphatic heterocycles. The molecule has 0 spiro atoms. The van der Waals surface area contributed by atoms with E-state index in [-0.39, 0.29) is 0 Å². The van der Waals surface area contributed by atoms with Gasteiger partial charge >= 0.3 is 5.97 Å². The monoisotopic (exact) mass is 207 g/mol. The van der Waals surface area contributed by atoms with Crippen molar-refractivity contribution in [3.63, 3.8) is 0 Å². The summed E-state index contributed by atoms with van der Waals surface area (Å²) in [6.45, 7) is 5.67. The molecule has 0 aliphatic rings. The van der Waals surface area contributed by atoms with Gasteiger partial charge in [0, 0.05) is 1.37 Å². The number of rotatable bonds is 4. The summed E-state index contributed by atoms with van der Waals surface area (Å²) >= 11 is 0. The summed E-state index contributed by atoms with van der Waals surface area (Å²) < 4.78 is 7.73. The Labute approximate surface area is 92.3 Å². The van der Waals surface area contributed by atoms with Crippen LogP contribution in [0, 0.1) is 5.92 Å². The third-order valence-corrected chi connectivity index (χ3v) is 2.35. The van der Waals surface area contributed by atoms with Gasteiger partial charge in [-0.1, -0.05) is 38.1 Å². The Morgan fingerprint density at radius 2 is 1.87 bits per heavy atom. The minimum atomic E-state index is -1.56. The molecule has 1 aromatic carbocycles. The molecule has 0 amide bonds. The summed E-state index contributed by atoms with van der Waals surface area (Å²) in [7, 11) is 0. The van der Waals surface area contributed by atoms with Crippen LogP contribution in [-0.2, 0) is 11.2 Å². The van der Waals surface area contributed by atoms with E-state index in [9.17, 15) is 4.79 Å². The fraction of sp³-hybridized carbons (Fsp3) is 0.462. The van der Waals surface area contributed by atoms with Crippen LogP contribution >= 0.6 is 0 Å². The first-order valence-electron chi connectivity index (χ1n) is 5.67. The lowest BCUT2D eigenvalue weighted by atomic mass is 9.97. The zero-order valence-electron chi connectivity index (χ0n) is 10.4. The highest BCUT2D eigenvalue weighted by molar-refractivity contribution is 5.75. The van der Waals surface area contributed by atoms with Crippen molar-refractivity contribution in [2.24, 2.45) is 5.92 Å². The van der Waals surface area contributed by atoms with E-state index < -0.39 is 11.9 Å². The zero-order valence-corrected chi connectivity index (χ0v) is 9.45. The molecule has 0 bridgehead atoms. The van der Waals surface area contributed by atoms with Crippen LogP contribution in [0.3, 0.4) is 0 Å². The fourth-order valence-corrected chi connectivity index (χ4v) is 1.49. The van der Waals surface area contributed by atoms with Gasteiger partial charge in [0.1, 0.15) is 0 Å². The van der Waals surface area contributed by atoms with Gasteiger partial charge in [-0.05, 0) is 30.4 Å². The lowest BCUT2D eigenvalue weighted by molar-refractivity contribution is -0.138. The van der Waals surface area contributed by atoms with Crippen molar-refractivity contribution in [2.75, 3.05) is 0 Å². The van der Waals surface area contributed by atoms with Gasteiger partial charge in [0.15, 0.2) is 0 Å². The SMILES string of the molecule is [2H][C@](C)(C(=O)O)c1ccc(CC(C)C)cc1. The summed E-state index contributed by atoms with van der Waals surface area (Å²) in [5.41, 5.74) is 1.70. The lowest BCUT2D eigenvalue weighted by Crippen LogP contribution is -2.07. The number of hydrogen-bond donors (Lipinski definition) is 1. The van der Waals surface area contributed by atoms with Crippen LogP contribution in [0.1, 0.15) is 39.2 Å². The molecule has 0 aromatic heterocycles. The highest BCUT2D eigenvalue weighted by Gasteiger charge is 2.12. The molecule has 0 aliphatic carbocycles. The predicted octanol–water partition coefficient (Wildman–Crippen LogP) is 3.07. The van der Waals surface area contributed by atoms with Gasteiger partial charge in [0.05, 0.1) is 5.89 Å². The van der Waals surface area contributed by atoms with Crippen molar-refractivity contribution >= 4 is 5.97 Å². The van der Waals surface area contributed by atoms with Crippen molar-refractivity contribution in [1.29, 1.82) is 0 Å². The van der Waals surface area contributed by atoms with E-state index in [0.29, 0.717) is 11.5 Å². The van der Waals surface area contributed by atoms with Crippen molar-refractivity contribution in [3.8, 4) is 0 Å². The standard InChI is InChI=1S/C13H18O2/c1-9(2)8-11-4-6-12(7-5-11)10(3)13(14)15/h4-7,9-10H,8H2,1-3H3,(H,14,15)/t10-/m1/s1/i10D. The molecule has 15 heavy (non-hydrogen) atoms. The Morgan fingerprint density at radius 3 is 2.27 bits per heavy atom. The number of carbonyl (C=O) groups is 1. The molecule has 1 aromatic rings. The minimum absolute atomic E-state index is 0.521. The Balaban J connectivity index is 2.91. The maximum absolute atomic E-state index is 10.9. The Hall–Kier alpha value is -1.31. The van der Waals surface area contributed by atoms with Gasteiger partial charge in [-0.2, -0.15) is 0 Å². The van der Waals surface area contributed by atoms with Gasteiger partial charge in [0.25, 0.3) is 0 Å². The fourth-order valence-electron chi connectivity index (χ4n) is 1.49. The largest absolute Gasteiger partial charge is 0.481 e. The van der Waals surface area contributed by atoms with Crippen LogP contribution in [0.5, 0.6) is 0 Å². The molecular weight excluding hydrogens is 188 g/mol. The third-order valence-electron chi connectivity index (χ3n) is 2.35. The molecule has 0 unspecified atom stereocenters. The topological polar surface area (TPSA) is 37.3 Å². The van der Waals surface area contributed by atoms with Crippen molar-refractivity contribution in [1.82, 2.24) is 0 Å². The van der Waals surface area contributed by atoms with Gasteiger partial charge in [-0.3, -0.25) is 4.79 Å². The molecule has 2 heteroatoms. The molecule has 0 heterocycles. The first-order chi connectivity index (χ1) is 7.34. The smallest absolute Gasteiger partial charge is 0.310 e. The third kappa shape index (κ3) is 3.39. The number of carboxylic acids is 1. The van der Waals surface area contributed by atoms with Gasteiger partial charge in [-0.25, -0.2) is 0 Å². The van der Waals surface area contributed by atoms with E-state index in [1.807, 2.05) is 12.1 Å². The number of carboxylic acid groups (broad SMARTS) is 1. The number of hydrogen-bond acceptors (Lipinski definition) is 1. The van der Waals surface area contributed by atoms with Gasteiger partial charge < -0.3 is 5.11 Å². The van der Waals surface area contributed by atoms with Crippen molar-refractivity contribution in [3.05, 3.63) is 35.4 Å². The lowest BCUT2D eigenvalue weighted by Gasteiger charge is -2.09. The second-order valence-corrected chi connectivity index (χ2v) is 4.23.